The summed E-state index contributed by atoms with van der Waals surface area (Å²) in [5.41, 5.74) is 0.111. The third-order valence-electron chi connectivity index (χ3n) is 2.20. The zero-order valence-electron chi connectivity index (χ0n) is 9.06. The van der Waals surface area contributed by atoms with Crippen molar-refractivity contribution in [3.63, 3.8) is 0 Å². The van der Waals surface area contributed by atoms with E-state index in [0.717, 1.165) is 0 Å². The van der Waals surface area contributed by atoms with Gasteiger partial charge in [-0.05, 0) is 46.3 Å². The summed E-state index contributed by atoms with van der Waals surface area (Å²) >= 11 is 3.23. The van der Waals surface area contributed by atoms with E-state index in [0.29, 0.717) is 10.2 Å². The average molecular weight is 311 g/mol. The fourth-order valence-corrected chi connectivity index (χ4v) is 1.70. The van der Waals surface area contributed by atoms with Gasteiger partial charge in [0.1, 0.15) is 17.3 Å². The normalized spacial score (nSPS) is 10.1. The van der Waals surface area contributed by atoms with Gasteiger partial charge >= 0.3 is 5.97 Å². The van der Waals surface area contributed by atoms with Crippen molar-refractivity contribution < 1.29 is 19.0 Å². The number of benzene rings is 2. The highest BCUT2D eigenvalue weighted by molar-refractivity contribution is 9.10. The molecule has 2 aromatic rings. The van der Waals surface area contributed by atoms with Gasteiger partial charge in [0.25, 0.3) is 0 Å². The van der Waals surface area contributed by atoms with E-state index >= 15 is 0 Å². The highest BCUT2D eigenvalue weighted by Crippen LogP contribution is 2.30. The van der Waals surface area contributed by atoms with Crippen LogP contribution in [0.3, 0.4) is 0 Å². The van der Waals surface area contributed by atoms with Gasteiger partial charge < -0.3 is 9.84 Å². The van der Waals surface area contributed by atoms with Gasteiger partial charge in [0.2, 0.25) is 0 Å². The SMILES string of the molecule is O=C(O)c1cccc(Oc2cc(F)ccc2Br)c1. The van der Waals surface area contributed by atoms with Crippen LogP contribution in [0.4, 0.5) is 4.39 Å². The predicted molar refractivity (Wildman–Crippen MR) is 67.6 cm³/mol. The second-order valence-electron chi connectivity index (χ2n) is 3.51. The second kappa shape index (κ2) is 5.18. The van der Waals surface area contributed by atoms with E-state index in [2.05, 4.69) is 15.9 Å². The van der Waals surface area contributed by atoms with E-state index in [4.69, 9.17) is 9.84 Å². The van der Waals surface area contributed by atoms with Crippen LogP contribution in [0.25, 0.3) is 0 Å². The van der Waals surface area contributed by atoms with E-state index in [1.54, 1.807) is 12.1 Å². The van der Waals surface area contributed by atoms with Crippen molar-refractivity contribution >= 4 is 21.9 Å². The van der Waals surface area contributed by atoms with Crippen LogP contribution in [0.15, 0.2) is 46.9 Å². The Labute approximate surface area is 111 Å². The van der Waals surface area contributed by atoms with Gasteiger partial charge in [-0.3, -0.25) is 0 Å². The van der Waals surface area contributed by atoms with Crippen LogP contribution >= 0.6 is 15.9 Å². The van der Waals surface area contributed by atoms with Gasteiger partial charge in [-0.1, -0.05) is 6.07 Å². The Morgan fingerprint density at radius 3 is 2.72 bits per heavy atom. The number of hydrogen-bond acceptors (Lipinski definition) is 2. The Balaban J connectivity index is 2.31. The summed E-state index contributed by atoms with van der Waals surface area (Å²) in [5.74, 6) is -0.847. The molecule has 0 spiro atoms. The molecule has 0 amide bonds. The molecular weight excluding hydrogens is 303 g/mol. The number of hydrogen-bond donors (Lipinski definition) is 1. The van der Waals surface area contributed by atoms with Crippen molar-refractivity contribution in [2.75, 3.05) is 0 Å². The van der Waals surface area contributed by atoms with Crippen molar-refractivity contribution in [2.24, 2.45) is 0 Å². The molecule has 2 rings (SSSR count). The first-order chi connectivity index (χ1) is 8.56. The topological polar surface area (TPSA) is 46.5 Å². The van der Waals surface area contributed by atoms with Crippen molar-refractivity contribution in [2.45, 2.75) is 0 Å². The van der Waals surface area contributed by atoms with Crippen molar-refractivity contribution in [1.82, 2.24) is 0 Å². The van der Waals surface area contributed by atoms with E-state index in [-0.39, 0.29) is 11.3 Å². The number of carbonyl (C=O) groups is 1. The van der Waals surface area contributed by atoms with E-state index in [9.17, 15) is 9.18 Å². The highest BCUT2D eigenvalue weighted by atomic mass is 79.9. The summed E-state index contributed by atoms with van der Waals surface area (Å²) in [6.45, 7) is 0. The molecular formula is C13H8BrFO3. The minimum Gasteiger partial charge on any atom is -0.478 e. The molecule has 0 bridgehead atoms. The van der Waals surface area contributed by atoms with Gasteiger partial charge in [0.05, 0.1) is 10.0 Å². The predicted octanol–water partition coefficient (Wildman–Crippen LogP) is 4.08. The fourth-order valence-electron chi connectivity index (χ4n) is 1.37. The molecule has 0 aliphatic heterocycles. The molecule has 0 heterocycles. The summed E-state index contributed by atoms with van der Waals surface area (Å²) in [6, 6.07) is 10.0. The van der Waals surface area contributed by atoms with Gasteiger partial charge in [-0.2, -0.15) is 0 Å². The molecule has 0 radical (unpaired) electrons. The van der Waals surface area contributed by atoms with Crippen LogP contribution in [-0.2, 0) is 0 Å². The summed E-state index contributed by atoms with van der Waals surface area (Å²) in [5, 5.41) is 8.85. The van der Waals surface area contributed by atoms with Crippen molar-refractivity contribution in [3.05, 3.63) is 58.3 Å². The molecule has 0 aromatic heterocycles. The summed E-state index contributed by atoms with van der Waals surface area (Å²) in [6.07, 6.45) is 0. The molecule has 92 valence electrons. The number of rotatable bonds is 3. The number of carboxylic acids is 1. The van der Waals surface area contributed by atoms with Crippen LogP contribution in [0.2, 0.25) is 0 Å². The van der Waals surface area contributed by atoms with Crippen LogP contribution in [-0.4, -0.2) is 11.1 Å². The number of aromatic carboxylic acids is 1. The largest absolute Gasteiger partial charge is 0.478 e. The average Bonchev–Trinajstić information content (AvgIpc) is 2.34. The Kier molecular flexibility index (Phi) is 3.62. The highest BCUT2D eigenvalue weighted by Gasteiger charge is 2.07. The first kappa shape index (κ1) is 12.6. The van der Waals surface area contributed by atoms with E-state index in [1.807, 2.05) is 0 Å². The molecule has 0 fully saturated rings. The van der Waals surface area contributed by atoms with Crippen LogP contribution in [0.1, 0.15) is 10.4 Å². The standard InChI is InChI=1S/C13H8BrFO3/c14-11-5-4-9(15)7-12(11)18-10-3-1-2-8(6-10)13(16)17/h1-7H,(H,16,17). The lowest BCUT2D eigenvalue weighted by atomic mass is 10.2. The zero-order chi connectivity index (χ0) is 13.1. The van der Waals surface area contributed by atoms with Gasteiger partial charge in [0.15, 0.2) is 0 Å². The van der Waals surface area contributed by atoms with E-state index in [1.165, 1.54) is 30.3 Å². The second-order valence-corrected chi connectivity index (χ2v) is 4.36. The van der Waals surface area contributed by atoms with Gasteiger partial charge in [-0.25, -0.2) is 9.18 Å². The molecule has 0 atom stereocenters. The van der Waals surface area contributed by atoms with Gasteiger partial charge in [-0.15, -0.1) is 0 Å². The fraction of sp³-hybridized carbons (Fsp3) is 0. The smallest absolute Gasteiger partial charge is 0.335 e. The number of carboxylic acid groups (broad SMARTS) is 1. The zero-order valence-corrected chi connectivity index (χ0v) is 10.6. The number of ether oxygens (including phenoxy) is 1. The quantitative estimate of drug-likeness (QED) is 0.929. The molecule has 0 aliphatic rings. The Bertz CT molecular complexity index is 599. The molecule has 1 N–H and O–H groups in total. The first-order valence-corrected chi connectivity index (χ1v) is 5.82. The van der Waals surface area contributed by atoms with Crippen LogP contribution in [0, 0.1) is 5.82 Å². The Morgan fingerprint density at radius 2 is 2.00 bits per heavy atom. The maximum atomic E-state index is 13.1. The van der Waals surface area contributed by atoms with Crippen molar-refractivity contribution in [3.8, 4) is 11.5 Å². The minimum atomic E-state index is -1.04. The first-order valence-electron chi connectivity index (χ1n) is 5.02. The molecule has 2 aromatic carbocycles. The monoisotopic (exact) mass is 310 g/mol. The third kappa shape index (κ3) is 2.87. The molecule has 0 saturated heterocycles. The molecule has 5 heteroatoms. The van der Waals surface area contributed by atoms with Gasteiger partial charge in [0, 0.05) is 6.07 Å². The molecule has 0 saturated carbocycles. The lowest BCUT2D eigenvalue weighted by Crippen LogP contribution is -1.96. The molecule has 18 heavy (non-hydrogen) atoms. The maximum absolute atomic E-state index is 13.1. The molecule has 3 nitrogen and oxygen atoms in total. The van der Waals surface area contributed by atoms with Crippen LogP contribution < -0.4 is 4.74 Å². The Hall–Kier alpha value is -1.88. The lowest BCUT2D eigenvalue weighted by Gasteiger charge is -2.08. The molecule has 0 unspecified atom stereocenters. The summed E-state index contributed by atoms with van der Waals surface area (Å²) in [7, 11) is 0. The van der Waals surface area contributed by atoms with E-state index < -0.39 is 11.8 Å². The summed E-state index contributed by atoms with van der Waals surface area (Å²) < 4.78 is 19.1. The maximum Gasteiger partial charge on any atom is 0.335 e. The number of halogens is 2. The molecule has 0 aliphatic carbocycles. The Morgan fingerprint density at radius 1 is 1.22 bits per heavy atom. The third-order valence-corrected chi connectivity index (χ3v) is 2.86. The summed E-state index contributed by atoms with van der Waals surface area (Å²) in [4.78, 5) is 10.8. The minimum absolute atomic E-state index is 0.111. The van der Waals surface area contributed by atoms with Crippen molar-refractivity contribution in [1.29, 1.82) is 0 Å². The lowest BCUT2D eigenvalue weighted by molar-refractivity contribution is 0.0696. The van der Waals surface area contributed by atoms with Crippen LogP contribution in [0.5, 0.6) is 11.5 Å².